The van der Waals surface area contributed by atoms with Crippen LogP contribution in [0.15, 0.2) is 24.3 Å². The molecule has 1 heterocycles. The number of hydrogen-bond acceptors (Lipinski definition) is 4. The Kier molecular flexibility index (Phi) is 7.37. The summed E-state index contributed by atoms with van der Waals surface area (Å²) in [4.78, 5) is 16.5. The van der Waals surface area contributed by atoms with Crippen LogP contribution < -0.4 is 9.64 Å². The van der Waals surface area contributed by atoms with Crippen LogP contribution in [0.5, 0.6) is 5.75 Å². The Balaban J connectivity index is 1.78. The second-order valence-corrected chi connectivity index (χ2v) is 6.64. The van der Waals surface area contributed by atoms with Crippen LogP contribution in [-0.4, -0.2) is 57.3 Å². The lowest BCUT2D eigenvalue weighted by molar-refractivity contribution is -0.131. The van der Waals surface area contributed by atoms with E-state index in [-0.39, 0.29) is 0 Å². The highest BCUT2D eigenvalue weighted by Crippen LogP contribution is 2.21. The van der Waals surface area contributed by atoms with E-state index in [1.807, 2.05) is 17.0 Å². The molecule has 5 heteroatoms. The average Bonchev–Trinajstić information content (AvgIpc) is 2.60. The van der Waals surface area contributed by atoms with Gasteiger partial charge in [-0.25, -0.2) is 0 Å². The van der Waals surface area contributed by atoms with Crippen molar-refractivity contribution in [3.05, 3.63) is 24.3 Å². The Hall–Kier alpha value is -1.75. The van der Waals surface area contributed by atoms with Gasteiger partial charge in [0.05, 0.1) is 6.61 Å². The lowest BCUT2D eigenvalue weighted by Crippen LogP contribution is -2.48. The first-order chi connectivity index (χ1) is 11.6. The van der Waals surface area contributed by atoms with E-state index in [0.717, 1.165) is 38.3 Å². The quantitative estimate of drug-likeness (QED) is 0.686. The van der Waals surface area contributed by atoms with Gasteiger partial charge in [-0.1, -0.05) is 13.8 Å². The third-order valence-corrected chi connectivity index (χ3v) is 4.33. The molecule has 1 aliphatic rings. The smallest absolute Gasteiger partial charge is 0.222 e. The van der Waals surface area contributed by atoms with Crippen molar-refractivity contribution in [1.29, 1.82) is 0 Å². The first-order valence-corrected chi connectivity index (χ1v) is 8.84. The molecule has 0 saturated carbocycles. The van der Waals surface area contributed by atoms with E-state index in [1.54, 1.807) is 7.11 Å². The molecular formula is C19H30N2O3. The number of hydrogen-bond donors (Lipinski definition) is 0. The first-order valence-electron chi connectivity index (χ1n) is 8.84. The van der Waals surface area contributed by atoms with E-state index >= 15 is 0 Å². The van der Waals surface area contributed by atoms with E-state index in [0.29, 0.717) is 31.5 Å². The molecule has 0 spiro atoms. The topological polar surface area (TPSA) is 42.0 Å². The zero-order valence-corrected chi connectivity index (χ0v) is 15.2. The van der Waals surface area contributed by atoms with Crippen LogP contribution in [0, 0.1) is 5.92 Å². The predicted octanol–water partition coefficient (Wildman–Crippen LogP) is 2.80. The Morgan fingerprint density at radius 3 is 2.33 bits per heavy atom. The normalized spacial score (nSPS) is 15.0. The minimum absolute atomic E-state index is 0.297. The monoisotopic (exact) mass is 334 g/mol. The fourth-order valence-corrected chi connectivity index (χ4v) is 2.78. The lowest BCUT2D eigenvalue weighted by atomic mass is 10.1. The molecule has 1 aliphatic heterocycles. The highest BCUT2D eigenvalue weighted by Gasteiger charge is 2.21. The molecule has 0 aliphatic carbocycles. The SMILES string of the molecule is COCCOc1ccc(N2CCN(C(=O)CCC(C)C)CC2)cc1. The molecule has 5 nitrogen and oxygen atoms in total. The van der Waals surface area contributed by atoms with Crippen molar-refractivity contribution >= 4 is 11.6 Å². The summed E-state index contributed by atoms with van der Waals surface area (Å²) >= 11 is 0. The molecule has 2 rings (SSSR count). The summed E-state index contributed by atoms with van der Waals surface area (Å²) < 4.78 is 10.6. The summed E-state index contributed by atoms with van der Waals surface area (Å²) in [5.74, 6) is 1.74. The van der Waals surface area contributed by atoms with Crippen LogP contribution in [0.25, 0.3) is 0 Å². The Morgan fingerprint density at radius 2 is 1.75 bits per heavy atom. The molecule has 1 fully saturated rings. The molecule has 0 aromatic heterocycles. The van der Waals surface area contributed by atoms with Crippen molar-refractivity contribution in [3.63, 3.8) is 0 Å². The van der Waals surface area contributed by atoms with Gasteiger partial charge in [0, 0.05) is 45.4 Å². The van der Waals surface area contributed by atoms with Gasteiger partial charge in [-0.2, -0.15) is 0 Å². The third kappa shape index (κ3) is 5.71. The van der Waals surface area contributed by atoms with E-state index in [1.165, 1.54) is 5.69 Å². The molecule has 1 amide bonds. The zero-order chi connectivity index (χ0) is 17.4. The number of methoxy groups -OCH3 is 1. The fraction of sp³-hybridized carbons (Fsp3) is 0.632. The molecule has 24 heavy (non-hydrogen) atoms. The van der Waals surface area contributed by atoms with Gasteiger partial charge in [0.1, 0.15) is 12.4 Å². The maximum Gasteiger partial charge on any atom is 0.222 e. The lowest BCUT2D eigenvalue weighted by Gasteiger charge is -2.36. The highest BCUT2D eigenvalue weighted by molar-refractivity contribution is 5.76. The average molecular weight is 334 g/mol. The molecule has 134 valence electrons. The second kappa shape index (κ2) is 9.52. The van der Waals surface area contributed by atoms with Crippen LogP contribution >= 0.6 is 0 Å². The number of rotatable bonds is 8. The molecule has 0 N–H and O–H groups in total. The van der Waals surface area contributed by atoms with E-state index in [4.69, 9.17) is 9.47 Å². The summed E-state index contributed by atoms with van der Waals surface area (Å²) in [7, 11) is 1.67. The molecule has 0 radical (unpaired) electrons. The number of carbonyl (C=O) groups is 1. The van der Waals surface area contributed by atoms with Gasteiger partial charge in [0.15, 0.2) is 0 Å². The van der Waals surface area contributed by atoms with Gasteiger partial charge < -0.3 is 19.3 Å². The first kappa shape index (κ1) is 18.6. The summed E-state index contributed by atoms with van der Waals surface area (Å²) in [5, 5.41) is 0. The van der Waals surface area contributed by atoms with Crippen LogP contribution in [0.3, 0.4) is 0 Å². The summed E-state index contributed by atoms with van der Waals surface area (Å²) in [6, 6.07) is 8.15. The zero-order valence-electron chi connectivity index (χ0n) is 15.2. The molecule has 1 aromatic rings. The number of ether oxygens (including phenoxy) is 2. The molecular weight excluding hydrogens is 304 g/mol. The van der Waals surface area contributed by atoms with Crippen molar-refractivity contribution in [2.45, 2.75) is 26.7 Å². The standard InChI is InChI=1S/C19H30N2O3/c1-16(2)4-9-19(22)21-12-10-20(11-13-21)17-5-7-18(8-6-17)24-15-14-23-3/h5-8,16H,4,9-15H2,1-3H3. The van der Waals surface area contributed by atoms with Crippen LogP contribution in [-0.2, 0) is 9.53 Å². The highest BCUT2D eigenvalue weighted by atomic mass is 16.5. The summed E-state index contributed by atoms with van der Waals surface area (Å²) in [6.45, 7) is 8.87. The molecule has 0 bridgehead atoms. The Bertz CT molecular complexity index is 494. The third-order valence-electron chi connectivity index (χ3n) is 4.33. The van der Waals surface area contributed by atoms with Crippen molar-refractivity contribution in [2.75, 3.05) is 51.4 Å². The number of piperazine rings is 1. The van der Waals surface area contributed by atoms with Crippen LogP contribution in [0.1, 0.15) is 26.7 Å². The minimum atomic E-state index is 0.297. The van der Waals surface area contributed by atoms with Crippen molar-refractivity contribution in [3.8, 4) is 5.75 Å². The largest absolute Gasteiger partial charge is 0.491 e. The summed E-state index contributed by atoms with van der Waals surface area (Å²) in [5.41, 5.74) is 1.18. The van der Waals surface area contributed by atoms with Gasteiger partial charge in [0.2, 0.25) is 5.91 Å². The summed E-state index contributed by atoms with van der Waals surface area (Å²) in [6.07, 6.45) is 1.65. The van der Waals surface area contributed by atoms with Crippen LogP contribution in [0.2, 0.25) is 0 Å². The predicted molar refractivity (Wildman–Crippen MR) is 96.7 cm³/mol. The van der Waals surface area contributed by atoms with E-state index < -0.39 is 0 Å². The number of anilines is 1. The molecule has 1 aromatic carbocycles. The maximum absolute atomic E-state index is 12.2. The van der Waals surface area contributed by atoms with Gasteiger partial charge in [-0.3, -0.25) is 4.79 Å². The van der Waals surface area contributed by atoms with E-state index in [2.05, 4.69) is 30.9 Å². The maximum atomic E-state index is 12.2. The van der Waals surface area contributed by atoms with Gasteiger partial charge in [-0.15, -0.1) is 0 Å². The number of amides is 1. The minimum Gasteiger partial charge on any atom is -0.491 e. The Labute approximate surface area is 145 Å². The number of benzene rings is 1. The van der Waals surface area contributed by atoms with Gasteiger partial charge in [-0.05, 0) is 36.6 Å². The number of carbonyl (C=O) groups excluding carboxylic acids is 1. The molecule has 1 saturated heterocycles. The molecule has 0 unspecified atom stereocenters. The Morgan fingerprint density at radius 1 is 1.08 bits per heavy atom. The second-order valence-electron chi connectivity index (χ2n) is 6.64. The number of nitrogens with zero attached hydrogens (tertiary/aromatic N) is 2. The van der Waals surface area contributed by atoms with E-state index in [9.17, 15) is 4.79 Å². The van der Waals surface area contributed by atoms with Crippen LogP contribution in [0.4, 0.5) is 5.69 Å². The van der Waals surface area contributed by atoms with Crippen molar-refractivity contribution < 1.29 is 14.3 Å². The van der Waals surface area contributed by atoms with Gasteiger partial charge >= 0.3 is 0 Å². The van der Waals surface area contributed by atoms with Gasteiger partial charge in [0.25, 0.3) is 0 Å². The van der Waals surface area contributed by atoms with Crippen molar-refractivity contribution in [1.82, 2.24) is 4.90 Å². The molecule has 0 atom stereocenters. The van der Waals surface area contributed by atoms with Crippen molar-refractivity contribution in [2.24, 2.45) is 5.92 Å². The fourth-order valence-electron chi connectivity index (χ4n) is 2.78.